The van der Waals surface area contributed by atoms with Crippen molar-refractivity contribution in [3.05, 3.63) is 40.0 Å². The Bertz CT molecular complexity index is 519. The molecule has 2 aromatic rings. The summed E-state index contributed by atoms with van der Waals surface area (Å²) < 4.78 is 0. The van der Waals surface area contributed by atoms with Crippen LogP contribution in [0.25, 0.3) is 10.4 Å². The third-order valence-electron chi connectivity index (χ3n) is 2.91. The number of nitrogens with two attached hydrogens (primary N) is 1. The lowest BCUT2D eigenvalue weighted by atomic mass is 10.1. The SMILES string of the molecule is CCC(N)Cc1nc(C)c(-c2ccc(Cl)cc2)s1. The van der Waals surface area contributed by atoms with E-state index in [1.807, 2.05) is 31.2 Å². The van der Waals surface area contributed by atoms with Gasteiger partial charge in [0.05, 0.1) is 15.6 Å². The molecule has 0 radical (unpaired) electrons. The summed E-state index contributed by atoms with van der Waals surface area (Å²) in [5.41, 5.74) is 8.21. The summed E-state index contributed by atoms with van der Waals surface area (Å²) in [5, 5.41) is 1.88. The highest BCUT2D eigenvalue weighted by Crippen LogP contribution is 2.31. The molecule has 0 fully saturated rings. The van der Waals surface area contributed by atoms with E-state index in [-0.39, 0.29) is 6.04 Å². The van der Waals surface area contributed by atoms with E-state index in [4.69, 9.17) is 17.3 Å². The first-order valence-electron chi connectivity index (χ1n) is 6.08. The number of rotatable bonds is 4. The molecule has 0 aliphatic rings. The van der Waals surface area contributed by atoms with E-state index >= 15 is 0 Å². The quantitative estimate of drug-likeness (QED) is 0.917. The largest absolute Gasteiger partial charge is 0.327 e. The van der Waals surface area contributed by atoms with Crippen LogP contribution in [0.1, 0.15) is 24.0 Å². The van der Waals surface area contributed by atoms with E-state index in [1.54, 1.807) is 11.3 Å². The van der Waals surface area contributed by atoms with Gasteiger partial charge in [0.1, 0.15) is 0 Å². The predicted molar refractivity (Wildman–Crippen MR) is 79.3 cm³/mol. The second kappa shape index (κ2) is 5.83. The number of halogens is 1. The van der Waals surface area contributed by atoms with Crippen molar-refractivity contribution in [3.63, 3.8) is 0 Å². The summed E-state index contributed by atoms with van der Waals surface area (Å²) in [6.45, 7) is 4.15. The van der Waals surface area contributed by atoms with Gasteiger partial charge in [-0.05, 0) is 31.0 Å². The first kappa shape index (κ1) is 13.5. The van der Waals surface area contributed by atoms with Gasteiger partial charge >= 0.3 is 0 Å². The zero-order valence-electron chi connectivity index (χ0n) is 10.6. The molecule has 0 amide bonds. The van der Waals surface area contributed by atoms with Crippen LogP contribution in [0.15, 0.2) is 24.3 Å². The summed E-state index contributed by atoms with van der Waals surface area (Å²) in [6.07, 6.45) is 1.84. The fourth-order valence-electron chi connectivity index (χ4n) is 1.78. The van der Waals surface area contributed by atoms with Gasteiger partial charge in [-0.25, -0.2) is 4.98 Å². The predicted octanol–water partition coefficient (Wildman–Crippen LogP) is 4.05. The Hall–Kier alpha value is -0.900. The molecule has 1 unspecified atom stereocenters. The minimum absolute atomic E-state index is 0.202. The van der Waals surface area contributed by atoms with Crippen LogP contribution >= 0.6 is 22.9 Å². The number of hydrogen-bond acceptors (Lipinski definition) is 3. The Morgan fingerprint density at radius 1 is 1.33 bits per heavy atom. The summed E-state index contributed by atoms with van der Waals surface area (Å²) in [7, 11) is 0. The molecule has 4 heteroatoms. The van der Waals surface area contributed by atoms with Crippen LogP contribution in [0, 0.1) is 6.92 Å². The van der Waals surface area contributed by atoms with Crippen molar-refractivity contribution < 1.29 is 0 Å². The molecular weight excluding hydrogens is 264 g/mol. The van der Waals surface area contributed by atoms with Crippen molar-refractivity contribution in [1.29, 1.82) is 0 Å². The maximum atomic E-state index is 5.97. The van der Waals surface area contributed by atoms with Crippen LogP contribution in [-0.4, -0.2) is 11.0 Å². The summed E-state index contributed by atoms with van der Waals surface area (Å²) in [4.78, 5) is 5.82. The molecule has 0 bridgehead atoms. The molecule has 2 nitrogen and oxygen atoms in total. The lowest BCUT2D eigenvalue weighted by molar-refractivity contribution is 0.643. The van der Waals surface area contributed by atoms with Crippen LogP contribution in [-0.2, 0) is 6.42 Å². The Kier molecular flexibility index (Phi) is 4.38. The second-order valence-electron chi connectivity index (χ2n) is 4.40. The number of aromatic nitrogens is 1. The van der Waals surface area contributed by atoms with Gasteiger partial charge in [0.15, 0.2) is 0 Å². The van der Waals surface area contributed by atoms with Crippen LogP contribution in [0.3, 0.4) is 0 Å². The van der Waals surface area contributed by atoms with Gasteiger partial charge in [-0.1, -0.05) is 30.7 Å². The van der Waals surface area contributed by atoms with Gasteiger partial charge in [-0.15, -0.1) is 11.3 Å². The second-order valence-corrected chi connectivity index (χ2v) is 5.92. The normalized spacial score (nSPS) is 12.7. The summed E-state index contributed by atoms with van der Waals surface area (Å²) in [6, 6.07) is 8.09. The van der Waals surface area contributed by atoms with Crippen LogP contribution in [0.2, 0.25) is 5.02 Å². The van der Waals surface area contributed by atoms with E-state index in [1.165, 1.54) is 10.4 Å². The fraction of sp³-hybridized carbons (Fsp3) is 0.357. The van der Waals surface area contributed by atoms with E-state index < -0.39 is 0 Å². The van der Waals surface area contributed by atoms with E-state index in [0.717, 1.165) is 28.6 Å². The molecule has 0 saturated heterocycles. The first-order chi connectivity index (χ1) is 8.60. The van der Waals surface area contributed by atoms with Crippen molar-refractivity contribution in [3.8, 4) is 10.4 Å². The highest BCUT2D eigenvalue weighted by molar-refractivity contribution is 7.15. The topological polar surface area (TPSA) is 38.9 Å². The third-order valence-corrected chi connectivity index (χ3v) is 4.39. The third kappa shape index (κ3) is 3.10. The Morgan fingerprint density at radius 2 is 2.00 bits per heavy atom. The molecule has 0 aliphatic heterocycles. The van der Waals surface area contributed by atoms with Gasteiger partial charge in [0.2, 0.25) is 0 Å². The monoisotopic (exact) mass is 280 g/mol. The Labute approximate surface area is 117 Å². The van der Waals surface area contributed by atoms with E-state index in [2.05, 4.69) is 11.9 Å². The summed E-state index contributed by atoms with van der Waals surface area (Å²) in [5.74, 6) is 0. The molecule has 1 aromatic carbocycles. The van der Waals surface area contributed by atoms with Crippen LogP contribution in [0.4, 0.5) is 0 Å². The highest BCUT2D eigenvalue weighted by atomic mass is 35.5. The molecule has 1 aromatic heterocycles. The van der Waals surface area contributed by atoms with Gasteiger partial charge in [-0.3, -0.25) is 0 Å². The first-order valence-corrected chi connectivity index (χ1v) is 7.27. The van der Waals surface area contributed by atoms with Crippen molar-refractivity contribution in [1.82, 2.24) is 4.98 Å². The zero-order chi connectivity index (χ0) is 13.1. The van der Waals surface area contributed by atoms with E-state index in [9.17, 15) is 0 Å². The molecule has 96 valence electrons. The smallest absolute Gasteiger partial charge is 0.0950 e. The number of aryl methyl sites for hydroxylation is 1. The van der Waals surface area contributed by atoms with Gasteiger partial charge < -0.3 is 5.73 Å². The number of benzene rings is 1. The van der Waals surface area contributed by atoms with Gasteiger partial charge in [-0.2, -0.15) is 0 Å². The molecule has 18 heavy (non-hydrogen) atoms. The van der Waals surface area contributed by atoms with Gasteiger partial charge in [0, 0.05) is 17.5 Å². The average Bonchev–Trinajstić information content (AvgIpc) is 2.71. The van der Waals surface area contributed by atoms with Crippen LogP contribution < -0.4 is 5.73 Å². The summed E-state index contributed by atoms with van der Waals surface area (Å²) >= 11 is 7.63. The molecule has 2 rings (SSSR count). The van der Waals surface area contributed by atoms with Crippen LogP contribution in [0.5, 0.6) is 0 Å². The highest BCUT2D eigenvalue weighted by Gasteiger charge is 2.11. The number of nitrogens with zero attached hydrogens (tertiary/aromatic N) is 1. The van der Waals surface area contributed by atoms with Crippen molar-refractivity contribution in [2.75, 3.05) is 0 Å². The standard InChI is InChI=1S/C14H17ClN2S/c1-3-12(16)8-13-17-9(2)14(18-13)10-4-6-11(15)7-5-10/h4-7,12H,3,8,16H2,1-2H3. The maximum Gasteiger partial charge on any atom is 0.0950 e. The van der Waals surface area contributed by atoms with Crippen molar-refractivity contribution in [2.45, 2.75) is 32.7 Å². The van der Waals surface area contributed by atoms with Crippen molar-refractivity contribution >= 4 is 22.9 Å². The van der Waals surface area contributed by atoms with E-state index in [0.29, 0.717) is 0 Å². The Balaban J connectivity index is 2.26. The number of hydrogen-bond donors (Lipinski definition) is 1. The van der Waals surface area contributed by atoms with Crippen molar-refractivity contribution in [2.24, 2.45) is 5.73 Å². The number of thiazole rings is 1. The minimum atomic E-state index is 0.202. The lowest BCUT2D eigenvalue weighted by Gasteiger charge is -2.04. The average molecular weight is 281 g/mol. The molecule has 2 N–H and O–H groups in total. The molecule has 1 atom stereocenters. The lowest BCUT2D eigenvalue weighted by Crippen LogP contribution is -2.21. The Morgan fingerprint density at radius 3 is 2.61 bits per heavy atom. The maximum absolute atomic E-state index is 5.97. The minimum Gasteiger partial charge on any atom is -0.327 e. The molecular formula is C14H17ClN2S. The zero-order valence-corrected chi connectivity index (χ0v) is 12.2. The van der Waals surface area contributed by atoms with Gasteiger partial charge in [0.25, 0.3) is 0 Å². The molecule has 0 saturated carbocycles. The fourth-order valence-corrected chi connectivity index (χ4v) is 3.07. The molecule has 1 heterocycles. The molecule has 0 spiro atoms. The molecule has 0 aliphatic carbocycles.